The number of halogens is 2. The van der Waals surface area contributed by atoms with Crippen molar-refractivity contribution in [1.29, 1.82) is 0 Å². The van der Waals surface area contributed by atoms with Crippen LogP contribution in [0, 0.1) is 0 Å². The average Bonchev–Trinajstić information content (AvgIpc) is 2.08. The molecule has 5 heteroatoms. The molecule has 0 aromatic heterocycles. The molecule has 3 N–H and O–H groups in total. The van der Waals surface area contributed by atoms with Gasteiger partial charge >= 0.3 is 0 Å². The molecule has 0 saturated carbocycles. The lowest BCUT2D eigenvalue weighted by molar-refractivity contribution is -0.117. The van der Waals surface area contributed by atoms with Gasteiger partial charge in [0.2, 0.25) is 5.91 Å². The molecule has 0 aliphatic carbocycles. The number of carbonyl (C=O) groups is 1. The summed E-state index contributed by atoms with van der Waals surface area (Å²) in [6.07, 6.45) is 0.284. The molecule has 0 atom stereocenters. The summed E-state index contributed by atoms with van der Waals surface area (Å²) >= 11 is 6.72. The smallest absolute Gasteiger partial charge is 0.226 e. The van der Waals surface area contributed by atoms with Crippen LogP contribution in [0.2, 0.25) is 0 Å². The van der Waals surface area contributed by atoms with Gasteiger partial charge < -0.3 is 11.1 Å². The third kappa shape index (κ3) is 4.63. The minimum atomic E-state index is -0.497. The molecule has 1 aromatic carbocycles. The van der Waals surface area contributed by atoms with Gasteiger partial charge in [-0.1, -0.05) is 15.9 Å². The van der Waals surface area contributed by atoms with Crippen molar-refractivity contribution in [2.75, 3.05) is 5.32 Å². The molecule has 1 aromatic rings. The lowest BCUT2D eigenvalue weighted by atomic mass is 10.0. The van der Waals surface area contributed by atoms with Crippen LogP contribution in [-0.2, 0) is 4.79 Å². The zero-order chi connectivity index (χ0) is 12.3. The molecular weight excluding hydrogens is 336 g/mol. The maximum atomic E-state index is 11.7. The van der Waals surface area contributed by atoms with Gasteiger partial charge in [0.1, 0.15) is 0 Å². The summed E-state index contributed by atoms with van der Waals surface area (Å²) < 4.78 is 1.76. The van der Waals surface area contributed by atoms with E-state index in [4.69, 9.17) is 5.73 Å². The number of nitrogens with two attached hydrogens (primary N) is 1. The van der Waals surface area contributed by atoms with Gasteiger partial charge in [-0.3, -0.25) is 4.79 Å². The number of amides is 1. The van der Waals surface area contributed by atoms with E-state index in [1.54, 1.807) is 0 Å². The Morgan fingerprint density at radius 1 is 1.44 bits per heavy atom. The molecule has 0 heterocycles. The second-order valence-corrected chi connectivity index (χ2v) is 6.11. The van der Waals surface area contributed by atoms with Crippen LogP contribution in [0.4, 0.5) is 5.69 Å². The maximum absolute atomic E-state index is 11.7. The molecule has 0 radical (unpaired) electrons. The van der Waals surface area contributed by atoms with Gasteiger partial charge in [-0.2, -0.15) is 0 Å². The first-order valence-corrected chi connectivity index (χ1v) is 6.40. The number of carbonyl (C=O) groups excluding carboxylic acids is 1. The Labute approximate surface area is 112 Å². The minimum Gasteiger partial charge on any atom is -0.325 e. The quantitative estimate of drug-likeness (QED) is 0.879. The van der Waals surface area contributed by atoms with Crippen LogP contribution >= 0.6 is 31.9 Å². The number of hydrogen-bond acceptors (Lipinski definition) is 2. The summed E-state index contributed by atoms with van der Waals surface area (Å²) in [6, 6.07) is 5.60. The molecule has 0 aliphatic rings. The van der Waals surface area contributed by atoms with Gasteiger partial charge in [-0.15, -0.1) is 0 Å². The first-order chi connectivity index (χ1) is 7.28. The molecule has 0 spiro atoms. The fraction of sp³-hybridized carbons (Fsp3) is 0.364. The molecule has 0 saturated heterocycles. The van der Waals surface area contributed by atoms with Crippen LogP contribution in [0.5, 0.6) is 0 Å². The molecule has 0 aliphatic heterocycles. The zero-order valence-corrected chi connectivity index (χ0v) is 12.4. The Morgan fingerprint density at radius 2 is 2.06 bits per heavy atom. The second kappa shape index (κ2) is 5.29. The van der Waals surface area contributed by atoms with Crippen molar-refractivity contribution in [1.82, 2.24) is 0 Å². The SMILES string of the molecule is CC(C)(N)CC(=O)Nc1cc(Br)ccc1Br. The standard InChI is InChI=1S/C11H14Br2N2O/c1-11(2,14)6-10(16)15-9-5-7(12)3-4-8(9)13/h3-5H,6,14H2,1-2H3,(H,15,16). The van der Waals surface area contributed by atoms with Crippen molar-refractivity contribution in [3.8, 4) is 0 Å². The average molecular weight is 350 g/mol. The number of rotatable bonds is 3. The predicted molar refractivity (Wildman–Crippen MR) is 73.4 cm³/mol. The first-order valence-electron chi connectivity index (χ1n) is 4.82. The highest BCUT2D eigenvalue weighted by Gasteiger charge is 2.17. The van der Waals surface area contributed by atoms with Crippen molar-refractivity contribution >= 4 is 43.5 Å². The highest BCUT2D eigenvalue weighted by atomic mass is 79.9. The Morgan fingerprint density at radius 3 is 2.62 bits per heavy atom. The summed E-state index contributed by atoms with van der Waals surface area (Å²) in [5, 5.41) is 2.81. The van der Waals surface area contributed by atoms with Crippen LogP contribution in [-0.4, -0.2) is 11.4 Å². The zero-order valence-electron chi connectivity index (χ0n) is 9.18. The molecule has 0 fully saturated rings. The van der Waals surface area contributed by atoms with Crippen molar-refractivity contribution in [2.45, 2.75) is 25.8 Å². The van der Waals surface area contributed by atoms with Gasteiger partial charge in [0.05, 0.1) is 5.69 Å². The highest BCUT2D eigenvalue weighted by Crippen LogP contribution is 2.26. The van der Waals surface area contributed by atoms with Gasteiger partial charge in [0, 0.05) is 20.9 Å². The van der Waals surface area contributed by atoms with E-state index in [0.29, 0.717) is 0 Å². The summed E-state index contributed by atoms with van der Waals surface area (Å²) in [7, 11) is 0. The normalized spacial score (nSPS) is 11.3. The van der Waals surface area contributed by atoms with Crippen molar-refractivity contribution in [2.24, 2.45) is 5.73 Å². The van der Waals surface area contributed by atoms with Crippen LogP contribution < -0.4 is 11.1 Å². The third-order valence-electron chi connectivity index (χ3n) is 1.82. The lowest BCUT2D eigenvalue weighted by Gasteiger charge is -2.18. The monoisotopic (exact) mass is 348 g/mol. The highest BCUT2D eigenvalue weighted by molar-refractivity contribution is 9.11. The molecule has 1 rings (SSSR count). The van der Waals surface area contributed by atoms with E-state index in [1.165, 1.54) is 0 Å². The fourth-order valence-corrected chi connectivity index (χ4v) is 1.91. The van der Waals surface area contributed by atoms with Crippen molar-refractivity contribution in [3.05, 3.63) is 27.1 Å². The van der Waals surface area contributed by atoms with Crippen LogP contribution in [0.3, 0.4) is 0 Å². The first kappa shape index (κ1) is 13.7. The maximum Gasteiger partial charge on any atom is 0.226 e. The van der Waals surface area contributed by atoms with Gasteiger partial charge in [-0.25, -0.2) is 0 Å². The Kier molecular flexibility index (Phi) is 4.52. The van der Waals surface area contributed by atoms with Gasteiger partial charge in [-0.05, 0) is 48.0 Å². The van der Waals surface area contributed by atoms with E-state index < -0.39 is 5.54 Å². The van der Waals surface area contributed by atoms with Gasteiger partial charge in [0.25, 0.3) is 0 Å². The van der Waals surface area contributed by atoms with Crippen molar-refractivity contribution in [3.63, 3.8) is 0 Å². The van der Waals surface area contributed by atoms with Gasteiger partial charge in [0.15, 0.2) is 0 Å². The third-order valence-corrected chi connectivity index (χ3v) is 3.00. The molecular formula is C11H14Br2N2O. The van der Waals surface area contributed by atoms with E-state index in [-0.39, 0.29) is 12.3 Å². The fourth-order valence-electron chi connectivity index (χ4n) is 1.20. The predicted octanol–water partition coefficient (Wildman–Crippen LogP) is 3.28. The minimum absolute atomic E-state index is 0.0914. The Hall–Kier alpha value is -0.390. The van der Waals surface area contributed by atoms with Crippen LogP contribution in [0.1, 0.15) is 20.3 Å². The van der Waals surface area contributed by atoms with Crippen LogP contribution in [0.25, 0.3) is 0 Å². The number of nitrogens with one attached hydrogen (secondary N) is 1. The Balaban J connectivity index is 2.73. The number of anilines is 1. The molecule has 88 valence electrons. The second-order valence-electron chi connectivity index (χ2n) is 4.34. The topological polar surface area (TPSA) is 55.1 Å². The molecule has 0 unspecified atom stereocenters. The molecule has 0 bridgehead atoms. The molecule has 1 amide bonds. The van der Waals surface area contributed by atoms with Crippen LogP contribution in [0.15, 0.2) is 27.1 Å². The van der Waals surface area contributed by atoms with E-state index in [0.717, 1.165) is 14.6 Å². The summed E-state index contributed by atoms with van der Waals surface area (Å²) in [4.78, 5) is 11.7. The van der Waals surface area contributed by atoms with Crippen molar-refractivity contribution < 1.29 is 4.79 Å². The summed E-state index contributed by atoms with van der Waals surface area (Å²) in [6.45, 7) is 3.64. The number of hydrogen-bond donors (Lipinski definition) is 2. The largest absolute Gasteiger partial charge is 0.325 e. The Bertz CT molecular complexity index is 399. The summed E-state index contributed by atoms with van der Waals surface area (Å²) in [5.74, 6) is -0.0914. The van der Waals surface area contributed by atoms with E-state index in [1.807, 2.05) is 32.0 Å². The molecule has 16 heavy (non-hydrogen) atoms. The molecule has 3 nitrogen and oxygen atoms in total. The lowest BCUT2D eigenvalue weighted by Crippen LogP contribution is -2.36. The summed E-state index contributed by atoms with van der Waals surface area (Å²) in [5.41, 5.74) is 6.02. The van der Waals surface area contributed by atoms with E-state index in [2.05, 4.69) is 37.2 Å². The number of benzene rings is 1. The van der Waals surface area contributed by atoms with E-state index >= 15 is 0 Å². The van der Waals surface area contributed by atoms with E-state index in [9.17, 15) is 4.79 Å².